The zero-order valence-electron chi connectivity index (χ0n) is 6.36. The van der Waals surface area contributed by atoms with Gasteiger partial charge in [0, 0.05) is 12.4 Å². The lowest BCUT2D eigenvalue weighted by atomic mass is 10.4. The average Bonchev–Trinajstić information content (AvgIpc) is 2.06. The van der Waals surface area contributed by atoms with E-state index in [9.17, 15) is 0 Å². The highest BCUT2D eigenvalue weighted by Crippen LogP contribution is 2.22. The van der Waals surface area contributed by atoms with Gasteiger partial charge in [-0.2, -0.15) is 0 Å². The van der Waals surface area contributed by atoms with Gasteiger partial charge in [0.15, 0.2) is 5.82 Å². The molecule has 0 atom stereocenters. The third-order valence-electron chi connectivity index (χ3n) is 1.18. The Bertz CT molecular complexity index is 278. The van der Waals surface area contributed by atoms with Crippen molar-refractivity contribution in [2.24, 2.45) is 9.98 Å². The molecule has 0 aliphatic carbocycles. The first-order valence-electron chi connectivity index (χ1n) is 3.29. The molecule has 1 aromatic rings. The van der Waals surface area contributed by atoms with E-state index in [4.69, 9.17) is 0 Å². The van der Waals surface area contributed by atoms with E-state index < -0.39 is 0 Å². The zero-order valence-corrected chi connectivity index (χ0v) is 6.36. The van der Waals surface area contributed by atoms with Crippen LogP contribution >= 0.6 is 0 Å². The molecule has 0 spiro atoms. The van der Waals surface area contributed by atoms with Crippen LogP contribution in [0.5, 0.6) is 0 Å². The predicted octanol–water partition coefficient (Wildman–Crippen LogP) is 2.14. The second-order valence-electron chi connectivity index (χ2n) is 1.89. The Morgan fingerprint density at radius 2 is 2.45 bits per heavy atom. The van der Waals surface area contributed by atoms with Crippen LogP contribution in [0.1, 0.15) is 6.92 Å². The molecule has 1 aromatic heterocycles. The first kappa shape index (κ1) is 7.60. The van der Waals surface area contributed by atoms with Crippen LogP contribution in [0.3, 0.4) is 0 Å². The fourth-order valence-corrected chi connectivity index (χ4v) is 0.750. The average molecular weight is 147 g/mol. The Kier molecular flexibility index (Phi) is 2.49. The molecule has 11 heavy (non-hydrogen) atoms. The molecule has 0 aliphatic rings. The largest absolute Gasteiger partial charge is 0.258 e. The van der Waals surface area contributed by atoms with Gasteiger partial charge in [-0.05, 0) is 25.8 Å². The standard InChI is InChI=1S/C8H9N3/c1-3-10-7-5-4-6-11-8(7)9-2/h3-6H,2H2,1H3. The molecular formula is C8H9N3. The maximum Gasteiger partial charge on any atom is 0.177 e. The summed E-state index contributed by atoms with van der Waals surface area (Å²) < 4.78 is 0. The SMILES string of the molecule is C=Nc1ncccc1N=CC. The quantitative estimate of drug-likeness (QED) is 0.590. The molecule has 0 saturated carbocycles. The highest BCUT2D eigenvalue weighted by atomic mass is 14.9. The third-order valence-corrected chi connectivity index (χ3v) is 1.18. The Morgan fingerprint density at radius 1 is 1.64 bits per heavy atom. The number of aromatic nitrogens is 1. The van der Waals surface area contributed by atoms with Crippen molar-refractivity contribution in [3.63, 3.8) is 0 Å². The second kappa shape index (κ2) is 3.61. The number of rotatable bonds is 2. The normalized spacial score (nSPS) is 10.3. The van der Waals surface area contributed by atoms with Crippen molar-refractivity contribution in [1.29, 1.82) is 0 Å². The van der Waals surface area contributed by atoms with E-state index in [2.05, 4.69) is 21.7 Å². The fraction of sp³-hybridized carbons (Fsp3) is 0.125. The number of nitrogens with zero attached hydrogens (tertiary/aromatic N) is 3. The molecule has 1 heterocycles. The van der Waals surface area contributed by atoms with Gasteiger partial charge in [-0.3, -0.25) is 4.99 Å². The highest BCUT2D eigenvalue weighted by Gasteiger charge is 1.95. The second-order valence-corrected chi connectivity index (χ2v) is 1.89. The molecule has 0 aromatic carbocycles. The minimum absolute atomic E-state index is 0.575. The maximum absolute atomic E-state index is 4.06. The van der Waals surface area contributed by atoms with Gasteiger partial charge < -0.3 is 0 Å². The Labute approximate surface area is 65.5 Å². The minimum Gasteiger partial charge on any atom is -0.258 e. The van der Waals surface area contributed by atoms with Gasteiger partial charge in [0.1, 0.15) is 5.69 Å². The zero-order chi connectivity index (χ0) is 8.10. The topological polar surface area (TPSA) is 37.6 Å². The molecule has 0 fully saturated rings. The maximum atomic E-state index is 4.06. The van der Waals surface area contributed by atoms with Crippen molar-refractivity contribution in [2.75, 3.05) is 0 Å². The van der Waals surface area contributed by atoms with Crippen molar-refractivity contribution >= 4 is 24.4 Å². The van der Waals surface area contributed by atoms with Crippen LogP contribution in [-0.4, -0.2) is 17.9 Å². The summed E-state index contributed by atoms with van der Waals surface area (Å²) in [4.78, 5) is 11.7. The van der Waals surface area contributed by atoms with E-state index in [1.807, 2.05) is 19.1 Å². The van der Waals surface area contributed by atoms with Crippen molar-refractivity contribution < 1.29 is 0 Å². The lowest BCUT2D eigenvalue weighted by Crippen LogP contribution is -1.72. The molecule has 0 unspecified atom stereocenters. The van der Waals surface area contributed by atoms with Crippen molar-refractivity contribution in [3.8, 4) is 0 Å². The number of hydrogen-bond acceptors (Lipinski definition) is 3. The fourth-order valence-electron chi connectivity index (χ4n) is 0.750. The first-order chi connectivity index (χ1) is 5.38. The van der Waals surface area contributed by atoms with E-state index in [0.717, 1.165) is 5.69 Å². The molecule has 1 rings (SSSR count). The molecule has 0 radical (unpaired) electrons. The van der Waals surface area contributed by atoms with Gasteiger partial charge in [-0.1, -0.05) is 0 Å². The summed E-state index contributed by atoms with van der Waals surface area (Å²) in [6.07, 6.45) is 3.37. The van der Waals surface area contributed by atoms with E-state index in [1.165, 1.54) is 0 Å². The summed E-state index contributed by atoms with van der Waals surface area (Å²) in [6.45, 7) is 5.23. The summed E-state index contributed by atoms with van der Waals surface area (Å²) >= 11 is 0. The third kappa shape index (κ3) is 1.70. The van der Waals surface area contributed by atoms with Crippen LogP contribution in [0.25, 0.3) is 0 Å². The summed E-state index contributed by atoms with van der Waals surface area (Å²) in [5.41, 5.74) is 0.755. The highest BCUT2D eigenvalue weighted by molar-refractivity contribution is 5.67. The van der Waals surface area contributed by atoms with E-state index in [-0.39, 0.29) is 0 Å². The summed E-state index contributed by atoms with van der Waals surface area (Å²) in [7, 11) is 0. The summed E-state index contributed by atoms with van der Waals surface area (Å²) in [6, 6.07) is 3.66. The molecule has 3 nitrogen and oxygen atoms in total. The Morgan fingerprint density at radius 3 is 3.09 bits per heavy atom. The lowest BCUT2D eigenvalue weighted by molar-refractivity contribution is 1.27. The molecule has 3 heteroatoms. The number of hydrogen-bond donors (Lipinski definition) is 0. The van der Waals surface area contributed by atoms with Gasteiger partial charge in [-0.25, -0.2) is 9.98 Å². The van der Waals surface area contributed by atoms with Gasteiger partial charge in [0.25, 0.3) is 0 Å². The molecule has 0 aliphatic heterocycles. The molecule has 0 amide bonds. The summed E-state index contributed by atoms with van der Waals surface area (Å²) in [5.74, 6) is 0.575. The van der Waals surface area contributed by atoms with E-state index in [0.29, 0.717) is 5.82 Å². The lowest BCUT2D eigenvalue weighted by Gasteiger charge is -1.94. The Hall–Kier alpha value is -1.51. The van der Waals surface area contributed by atoms with Crippen LogP contribution in [0, 0.1) is 0 Å². The van der Waals surface area contributed by atoms with Crippen LogP contribution in [0.15, 0.2) is 28.3 Å². The summed E-state index contributed by atoms with van der Waals surface area (Å²) in [5, 5.41) is 0. The number of pyridine rings is 1. The van der Waals surface area contributed by atoms with Crippen LogP contribution in [0.4, 0.5) is 11.5 Å². The van der Waals surface area contributed by atoms with Crippen molar-refractivity contribution in [1.82, 2.24) is 4.98 Å². The van der Waals surface area contributed by atoms with Crippen LogP contribution in [0.2, 0.25) is 0 Å². The predicted molar refractivity (Wildman–Crippen MR) is 47.3 cm³/mol. The number of aliphatic imine (C=N–C) groups is 2. The molecule has 0 bridgehead atoms. The van der Waals surface area contributed by atoms with Gasteiger partial charge in [0.05, 0.1) is 0 Å². The van der Waals surface area contributed by atoms with E-state index >= 15 is 0 Å². The first-order valence-corrected chi connectivity index (χ1v) is 3.29. The van der Waals surface area contributed by atoms with Gasteiger partial charge >= 0.3 is 0 Å². The van der Waals surface area contributed by atoms with E-state index in [1.54, 1.807) is 12.4 Å². The van der Waals surface area contributed by atoms with Crippen molar-refractivity contribution in [2.45, 2.75) is 6.92 Å². The van der Waals surface area contributed by atoms with Crippen LogP contribution in [-0.2, 0) is 0 Å². The molecular weight excluding hydrogens is 138 g/mol. The minimum atomic E-state index is 0.575. The molecule has 0 saturated heterocycles. The van der Waals surface area contributed by atoms with Crippen LogP contribution < -0.4 is 0 Å². The molecule has 56 valence electrons. The molecule has 0 N–H and O–H groups in total. The van der Waals surface area contributed by atoms with Gasteiger partial charge in [-0.15, -0.1) is 0 Å². The Balaban J connectivity index is 3.11. The van der Waals surface area contributed by atoms with Crippen molar-refractivity contribution in [3.05, 3.63) is 18.3 Å². The monoisotopic (exact) mass is 147 g/mol. The van der Waals surface area contributed by atoms with Gasteiger partial charge in [0.2, 0.25) is 0 Å². The smallest absolute Gasteiger partial charge is 0.177 e.